The summed E-state index contributed by atoms with van der Waals surface area (Å²) in [5.74, 6) is -0.508. The summed E-state index contributed by atoms with van der Waals surface area (Å²) in [5, 5.41) is -0.0536. The number of nitrogens with zero attached hydrogens (tertiary/aromatic N) is 2. The average Bonchev–Trinajstić information content (AvgIpc) is 2.56. The van der Waals surface area contributed by atoms with Gasteiger partial charge in [0.15, 0.2) is 14.9 Å². The third-order valence-corrected chi connectivity index (χ3v) is 4.58. The number of nitrogens with two attached hydrogens (primary N) is 1. The standard InChI is InChI=1S/C14H14FN3O2S/c1-21(19,20)13-10-4-2-3-8-5-6-9(15)7-11(8)12(10)17-14(16)18-13/h5-7H,2-4H2,1H3,(H2,16,17,18). The second kappa shape index (κ2) is 4.77. The van der Waals surface area contributed by atoms with Gasteiger partial charge in [-0.2, -0.15) is 0 Å². The molecule has 0 aliphatic heterocycles. The minimum absolute atomic E-state index is 0.0536. The van der Waals surface area contributed by atoms with E-state index in [1.807, 2.05) is 0 Å². The Labute approximate surface area is 122 Å². The van der Waals surface area contributed by atoms with Crippen LogP contribution in [0.1, 0.15) is 17.5 Å². The van der Waals surface area contributed by atoms with Crippen LogP contribution in [0.3, 0.4) is 0 Å². The minimum Gasteiger partial charge on any atom is -0.368 e. The number of benzene rings is 1. The molecule has 1 aromatic carbocycles. The second-order valence-corrected chi connectivity index (χ2v) is 7.07. The molecule has 2 aromatic rings. The molecule has 0 spiro atoms. The summed E-state index contributed by atoms with van der Waals surface area (Å²) in [6.45, 7) is 0. The highest BCUT2D eigenvalue weighted by Crippen LogP contribution is 2.34. The molecule has 0 fully saturated rings. The molecule has 3 rings (SSSR count). The van der Waals surface area contributed by atoms with E-state index in [1.165, 1.54) is 12.1 Å². The van der Waals surface area contributed by atoms with Crippen molar-refractivity contribution in [1.82, 2.24) is 9.97 Å². The predicted molar refractivity (Wildman–Crippen MR) is 77.0 cm³/mol. The van der Waals surface area contributed by atoms with Crippen molar-refractivity contribution >= 4 is 15.8 Å². The monoisotopic (exact) mass is 307 g/mol. The van der Waals surface area contributed by atoms with E-state index in [9.17, 15) is 12.8 Å². The molecule has 1 aromatic heterocycles. The molecule has 1 aliphatic rings. The van der Waals surface area contributed by atoms with Crippen molar-refractivity contribution in [2.75, 3.05) is 12.0 Å². The molecular weight excluding hydrogens is 293 g/mol. The van der Waals surface area contributed by atoms with Crippen LogP contribution in [-0.4, -0.2) is 24.6 Å². The van der Waals surface area contributed by atoms with Crippen LogP contribution in [0.15, 0.2) is 23.2 Å². The molecule has 7 heteroatoms. The molecule has 0 radical (unpaired) electrons. The number of halogens is 1. The minimum atomic E-state index is -3.52. The van der Waals surface area contributed by atoms with Crippen LogP contribution in [-0.2, 0) is 22.7 Å². The van der Waals surface area contributed by atoms with Crippen molar-refractivity contribution in [3.8, 4) is 11.3 Å². The first kappa shape index (κ1) is 13.9. The zero-order valence-electron chi connectivity index (χ0n) is 11.4. The third-order valence-electron chi connectivity index (χ3n) is 3.54. The smallest absolute Gasteiger partial charge is 0.221 e. The predicted octanol–water partition coefficient (Wildman–Crippen LogP) is 1.76. The lowest BCUT2D eigenvalue weighted by molar-refractivity contribution is 0.596. The number of anilines is 1. The Morgan fingerprint density at radius 3 is 2.71 bits per heavy atom. The van der Waals surface area contributed by atoms with Gasteiger partial charge in [-0.15, -0.1) is 0 Å². The Morgan fingerprint density at radius 2 is 2.00 bits per heavy atom. The fourth-order valence-corrected chi connectivity index (χ4v) is 3.58. The van der Waals surface area contributed by atoms with Gasteiger partial charge in [0, 0.05) is 17.4 Å². The Morgan fingerprint density at radius 1 is 1.24 bits per heavy atom. The van der Waals surface area contributed by atoms with E-state index in [0.717, 1.165) is 24.7 Å². The summed E-state index contributed by atoms with van der Waals surface area (Å²) in [4.78, 5) is 8.05. The van der Waals surface area contributed by atoms with Crippen LogP contribution >= 0.6 is 0 Å². The van der Waals surface area contributed by atoms with Crippen LogP contribution in [0.5, 0.6) is 0 Å². The fraction of sp³-hybridized carbons (Fsp3) is 0.286. The molecule has 0 amide bonds. The Hall–Kier alpha value is -2.02. The highest BCUT2D eigenvalue weighted by Gasteiger charge is 2.25. The molecule has 0 unspecified atom stereocenters. The number of fused-ring (bicyclic) bond motifs is 3. The summed E-state index contributed by atoms with van der Waals surface area (Å²) in [5.41, 5.74) is 8.13. The quantitative estimate of drug-likeness (QED) is 0.811. The Bertz CT molecular complexity index is 834. The summed E-state index contributed by atoms with van der Waals surface area (Å²) < 4.78 is 37.4. The molecule has 0 atom stereocenters. The normalized spacial score (nSPS) is 14.2. The molecule has 0 saturated heterocycles. The van der Waals surface area contributed by atoms with Gasteiger partial charge in [-0.05, 0) is 37.0 Å². The Balaban J connectivity index is 2.38. The maximum atomic E-state index is 13.6. The molecule has 1 aliphatic carbocycles. The molecule has 1 heterocycles. The lowest BCUT2D eigenvalue weighted by Crippen LogP contribution is -2.11. The highest BCUT2D eigenvalue weighted by atomic mass is 32.2. The first-order valence-electron chi connectivity index (χ1n) is 6.51. The molecular formula is C14H14FN3O2S. The Kier molecular flexibility index (Phi) is 3.16. The lowest BCUT2D eigenvalue weighted by atomic mass is 10.0. The number of nitrogen functional groups attached to an aromatic ring is 1. The number of sulfone groups is 1. The van der Waals surface area contributed by atoms with Gasteiger partial charge in [0.2, 0.25) is 5.95 Å². The van der Waals surface area contributed by atoms with E-state index >= 15 is 0 Å². The molecule has 110 valence electrons. The summed E-state index contributed by atoms with van der Waals surface area (Å²) in [6.07, 6.45) is 3.09. The maximum Gasteiger partial charge on any atom is 0.221 e. The van der Waals surface area contributed by atoms with E-state index in [1.54, 1.807) is 6.07 Å². The van der Waals surface area contributed by atoms with Crippen LogP contribution in [0.4, 0.5) is 10.3 Å². The van der Waals surface area contributed by atoms with Crippen molar-refractivity contribution in [1.29, 1.82) is 0 Å². The summed E-state index contributed by atoms with van der Waals surface area (Å²) in [6, 6.07) is 4.47. The lowest BCUT2D eigenvalue weighted by Gasteiger charge is -2.12. The number of rotatable bonds is 1. The largest absolute Gasteiger partial charge is 0.368 e. The van der Waals surface area contributed by atoms with E-state index in [-0.39, 0.29) is 16.8 Å². The highest BCUT2D eigenvalue weighted by molar-refractivity contribution is 7.90. The third kappa shape index (κ3) is 2.49. The van der Waals surface area contributed by atoms with Crippen molar-refractivity contribution in [2.45, 2.75) is 24.3 Å². The van der Waals surface area contributed by atoms with Gasteiger partial charge in [-0.1, -0.05) is 6.07 Å². The average molecular weight is 307 g/mol. The maximum absolute atomic E-state index is 13.6. The van der Waals surface area contributed by atoms with Gasteiger partial charge in [0.05, 0.1) is 5.69 Å². The van der Waals surface area contributed by atoms with Gasteiger partial charge < -0.3 is 5.73 Å². The van der Waals surface area contributed by atoms with Crippen molar-refractivity contribution in [2.24, 2.45) is 0 Å². The number of hydrogen-bond donors (Lipinski definition) is 1. The zero-order chi connectivity index (χ0) is 15.2. The van der Waals surface area contributed by atoms with E-state index in [2.05, 4.69) is 9.97 Å². The van der Waals surface area contributed by atoms with Gasteiger partial charge in [0.1, 0.15) is 5.82 Å². The van der Waals surface area contributed by atoms with Gasteiger partial charge in [-0.3, -0.25) is 0 Å². The molecule has 21 heavy (non-hydrogen) atoms. The molecule has 0 bridgehead atoms. The van der Waals surface area contributed by atoms with Gasteiger partial charge >= 0.3 is 0 Å². The van der Waals surface area contributed by atoms with Crippen molar-refractivity contribution < 1.29 is 12.8 Å². The summed E-state index contributed by atoms with van der Waals surface area (Å²) >= 11 is 0. The fourth-order valence-electron chi connectivity index (χ4n) is 2.68. The molecule has 0 saturated carbocycles. The number of hydrogen-bond acceptors (Lipinski definition) is 5. The van der Waals surface area contributed by atoms with E-state index in [0.29, 0.717) is 23.2 Å². The van der Waals surface area contributed by atoms with Gasteiger partial charge in [0.25, 0.3) is 0 Å². The second-order valence-electron chi connectivity index (χ2n) is 5.14. The van der Waals surface area contributed by atoms with Crippen LogP contribution < -0.4 is 5.73 Å². The first-order chi connectivity index (χ1) is 9.86. The van der Waals surface area contributed by atoms with Crippen molar-refractivity contribution in [3.05, 3.63) is 35.1 Å². The molecule has 5 nitrogen and oxygen atoms in total. The topological polar surface area (TPSA) is 85.9 Å². The van der Waals surface area contributed by atoms with Crippen LogP contribution in [0, 0.1) is 5.82 Å². The first-order valence-corrected chi connectivity index (χ1v) is 8.40. The molecule has 2 N–H and O–H groups in total. The van der Waals surface area contributed by atoms with Crippen LogP contribution in [0.25, 0.3) is 11.3 Å². The van der Waals surface area contributed by atoms with E-state index in [4.69, 9.17) is 5.73 Å². The van der Waals surface area contributed by atoms with Gasteiger partial charge in [-0.25, -0.2) is 22.8 Å². The van der Waals surface area contributed by atoms with E-state index < -0.39 is 9.84 Å². The number of aromatic nitrogens is 2. The summed E-state index contributed by atoms with van der Waals surface area (Å²) in [7, 11) is -3.52. The SMILES string of the molecule is CS(=O)(=O)c1nc(N)nc2c1CCCc1ccc(F)cc1-2. The van der Waals surface area contributed by atoms with Crippen molar-refractivity contribution in [3.63, 3.8) is 0 Å². The van der Waals surface area contributed by atoms with Crippen LogP contribution in [0.2, 0.25) is 0 Å². The zero-order valence-corrected chi connectivity index (χ0v) is 12.2. The number of aryl methyl sites for hydroxylation is 1.